The monoisotopic (exact) mass is 308 g/mol. The molecule has 1 unspecified atom stereocenters. The van der Waals surface area contributed by atoms with Gasteiger partial charge in [-0.25, -0.2) is 4.98 Å². The second-order valence-electron chi connectivity index (χ2n) is 5.26. The third-order valence-corrected chi connectivity index (χ3v) is 4.01. The maximum absolute atomic E-state index is 11.6. The van der Waals surface area contributed by atoms with E-state index in [9.17, 15) is 10.1 Å². The summed E-state index contributed by atoms with van der Waals surface area (Å²) >= 11 is 1.49. The van der Waals surface area contributed by atoms with E-state index in [0.717, 1.165) is 37.3 Å². The molecule has 0 aliphatic heterocycles. The summed E-state index contributed by atoms with van der Waals surface area (Å²) in [6.07, 6.45) is 3.48. The molecule has 0 aliphatic rings. The number of hydrogen-bond acceptors (Lipinski definition) is 5. The van der Waals surface area contributed by atoms with Crippen LogP contribution in [0.4, 0.5) is 0 Å². The zero-order valence-corrected chi connectivity index (χ0v) is 13.8. The Bertz CT molecular complexity index is 537. The minimum absolute atomic E-state index is 0.108. The molecule has 5 nitrogen and oxygen atoms in total. The van der Waals surface area contributed by atoms with Crippen molar-refractivity contribution in [2.75, 3.05) is 12.3 Å². The maximum Gasteiger partial charge on any atom is 0.251 e. The van der Waals surface area contributed by atoms with Crippen LogP contribution in [-0.4, -0.2) is 27.8 Å². The molecule has 0 amide bonds. The van der Waals surface area contributed by atoms with E-state index in [4.69, 9.17) is 0 Å². The molecule has 0 aliphatic carbocycles. The topological polar surface area (TPSA) is 81.6 Å². The summed E-state index contributed by atoms with van der Waals surface area (Å²) in [5.41, 5.74) is 0.198. The van der Waals surface area contributed by atoms with Gasteiger partial charge in [-0.2, -0.15) is 5.26 Å². The number of aryl methyl sites for hydroxylation is 1. The molecule has 0 aromatic carbocycles. The normalized spacial score (nSPS) is 13.6. The van der Waals surface area contributed by atoms with E-state index in [-0.39, 0.29) is 5.56 Å². The number of hydrogen-bond donors (Lipinski definition) is 2. The molecule has 0 saturated carbocycles. The van der Waals surface area contributed by atoms with Crippen LogP contribution in [-0.2, 0) is 6.42 Å². The van der Waals surface area contributed by atoms with Gasteiger partial charge < -0.3 is 4.98 Å². The fourth-order valence-electron chi connectivity index (χ4n) is 1.87. The highest BCUT2D eigenvalue weighted by molar-refractivity contribution is 7.99. The Morgan fingerprint density at radius 2 is 2.24 bits per heavy atom. The lowest BCUT2D eigenvalue weighted by Crippen LogP contribution is -2.41. The second kappa shape index (κ2) is 8.85. The minimum atomic E-state index is -0.523. The second-order valence-corrected chi connectivity index (χ2v) is 6.34. The summed E-state index contributed by atoms with van der Waals surface area (Å²) in [5.74, 6) is 0.735. The number of thioether (sulfide) groups is 1. The molecule has 1 rings (SSSR count). The molecule has 21 heavy (non-hydrogen) atoms. The van der Waals surface area contributed by atoms with E-state index in [2.05, 4.69) is 35.2 Å². The molecule has 1 aromatic rings. The lowest BCUT2D eigenvalue weighted by Gasteiger charge is -2.22. The van der Waals surface area contributed by atoms with Crippen LogP contribution < -0.4 is 10.9 Å². The summed E-state index contributed by atoms with van der Waals surface area (Å²) in [4.78, 5) is 18.8. The first-order chi connectivity index (χ1) is 10.0. The van der Waals surface area contributed by atoms with Gasteiger partial charge in [0.05, 0.1) is 6.07 Å². The van der Waals surface area contributed by atoms with Gasteiger partial charge in [0.15, 0.2) is 5.16 Å². The van der Waals surface area contributed by atoms with Gasteiger partial charge >= 0.3 is 0 Å². The van der Waals surface area contributed by atoms with Gasteiger partial charge in [-0.05, 0) is 32.7 Å². The van der Waals surface area contributed by atoms with Gasteiger partial charge in [-0.1, -0.05) is 32.0 Å². The van der Waals surface area contributed by atoms with E-state index < -0.39 is 5.54 Å². The average Bonchev–Trinajstić information content (AvgIpc) is 2.45. The van der Waals surface area contributed by atoms with Gasteiger partial charge in [0, 0.05) is 17.5 Å². The van der Waals surface area contributed by atoms with Crippen LogP contribution in [0, 0.1) is 11.3 Å². The highest BCUT2D eigenvalue weighted by Gasteiger charge is 2.22. The minimum Gasteiger partial charge on any atom is -0.301 e. The van der Waals surface area contributed by atoms with Gasteiger partial charge in [-0.15, -0.1) is 0 Å². The summed E-state index contributed by atoms with van der Waals surface area (Å²) in [5, 5.41) is 13.2. The average molecular weight is 308 g/mol. The van der Waals surface area contributed by atoms with Crippen molar-refractivity contribution in [1.82, 2.24) is 15.3 Å². The van der Waals surface area contributed by atoms with Crippen molar-refractivity contribution in [3.63, 3.8) is 0 Å². The number of nitrogens with one attached hydrogen (secondary N) is 2. The Labute approximate surface area is 130 Å². The molecule has 2 N–H and O–H groups in total. The number of nitrogens with zero attached hydrogens (tertiary/aromatic N) is 2. The lowest BCUT2D eigenvalue weighted by molar-refractivity contribution is 0.437. The van der Waals surface area contributed by atoms with E-state index >= 15 is 0 Å². The molecule has 6 heteroatoms. The van der Waals surface area contributed by atoms with Gasteiger partial charge in [0.1, 0.15) is 5.54 Å². The number of rotatable bonds is 9. The molecular formula is C15H24N4OS. The molecule has 0 radical (unpaired) electrons. The standard InChI is InChI=1S/C15H24N4OS/c1-4-6-12-10-13(20)19-14(18-12)21-9-7-15(3,11-16)17-8-5-2/h10,17H,4-9H2,1-3H3,(H,18,19,20). The van der Waals surface area contributed by atoms with Gasteiger partial charge in [0.2, 0.25) is 0 Å². The first-order valence-corrected chi connectivity index (χ1v) is 8.41. The summed E-state index contributed by atoms with van der Waals surface area (Å²) in [6.45, 7) is 6.88. The summed E-state index contributed by atoms with van der Waals surface area (Å²) in [6, 6.07) is 3.88. The van der Waals surface area contributed by atoms with Crippen molar-refractivity contribution >= 4 is 11.8 Å². The van der Waals surface area contributed by atoms with Crippen LogP contribution in [0.5, 0.6) is 0 Å². The maximum atomic E-state index is 11.6. The van der Waals surface area contributed by atoms with Crippen LogP contribution in [0.2, 0.25) is 0 Å². The number of aromatic amines is 1. The van der Waals surface area contributed by atoms with Crippen molar-refractivity contribution in [2.24, 2.45) is 0 Å². The van der Waals surface area contributed by atoms with E-state index in [1.54, 1.807) is 6.07 Å². The van der Waals surface area contributed by atoms with E-state index in [0.29, 0.717) is 11.6 Å². The fraction of sp³-hybridized carbons (Fsp3) is 0.667. The molecule has 0 spiro atoms. The van der Waals surface area contributed by atoms with Gasteiger partial charge in [-0.3, -0.25) is 10.1 Å². The highest BCUT2D eigenvalue weighted by Crippen LogP contribution is 2.18. The van der Waals surface area contributed by atoms with Crippen molar-refractivity contribution in [3.8, 4) is 6.07 Å². The lowest BCUT2D eigenvalue weighted by atomic mass is 10.0. The Morgan fingerprint density at radius 1 is 1.48 bits per heavy atom. The Morgan fingerprint density at radius 3 is 2.86 bits per heavy atom. The smallest absolute Gasteiger partial charge is 0.251 e. The molecule has 1 aromatic heterocycles. The Balaban J connectivity index is 2.59. The molecule has 0 fully saturated rings. The summed E-state index contributed by atoms with van der Waals surface area (Å²) < 4.78 is 0. The van der Waals surface area contributed by atoms with Crippen molar-refractivity contribution < 1.29 is 0 Å². The molecule has 0 saturated heterocycles. The molecular weight excluding hydrogens is 284 g/mol. The SMILES string of the molecule is CCCNC(C)(C#N)CCSc1nc(CCC)cc(=O)[nH]1. The first kappa shape index (κ1) is 17.7. The third-order valence-electron chi connectivity index (χ3n) is 3.13. The van der Waals surface area contributed by atoms with Crippen LogP contribution in [0.25, 0.3) is 0 Å². The number of H-pyrrole nitrogens is 1. The quantitative estimate of drug-likeness (QED) is 0.541. The zero-order valence-electron chi connectivity index (χ0n) is 13.0. The third kappa shape index (κ3) is 6.32. The predicted molar refractivity (Wildman–Crippen MR) is 86.5 cm³/mol. The Kier molecular flexibility index (Phi) is 7.48. The van der Waals surface area contributed by atoms with Crippen LogP contribution in [0.1, 0.15) is 45.7 Å². The van der Waals surface area contributed by atoms with E-state index in [1.165, 1.54) is 11.8 Å². The largest absolute Gasteiger partial charge is 0.301 e. The number of aromatic nitrogens is 2. The van der Waals surface area contributed by atoms with Crippen LogP contribution in [0.3, 0.4) is 0 Å². The first-order valence-electron chi connectivity index (χ1n) is 7.42. The van der Waals surface area contributed by atoms with Gasteiger partial charge in [0.25, 0.3) is 5.56 Å². The molecule has 1 heterocycles. The zero-order chi connectivity index (χ0) is 15.7. The molecule has 116 valence electrons. The van der Waals surface area contributed by atoms with Crippen LogP contribution in [0.15, 0.2) is 16.0 Å². The fourth-order valence-corrected chi connectivity index (χ4v) is 2.93. The van der Waals surface area contributed by atoms with Crippen LogP contribution >= 0.6 is 11.8 Å². The van der Waals surface area contributed by atoms with Crippen molar-refractivity contribution in [3.05, 3.63) is 22.1 Å². The molecule has 0 bridgehead atoms. The van der Waals surface area contributed by atoms with E-state index in [1.807, 2.05) is 6.92 Å². The molecule has 1 atom stereocenters. The number of nitriles is 1. The summed E-state index contributed by atoms with van der Waals surface area (Å²) in [7, 11) is 0. The predicted octanol–water partition coefficient (Wildman–Crippen LogP) is 2.49. The van der Waals surface area contributed by atoms with Crippen molar-refractivity contribution in [1.29, 1.82) is 5.26 Å². The van der Waals surface area contributed by atoms with Crippen molar-refractivity contribution in [2.45, 2.75) is 57.1 Å². The highest BCUT2D eigenvalue weighted by atomic mass is 32.2. The Hall–Kier alpha value is -1.32.